The Morgan fingerprint density at radius 3 is 2.49 bits per heavy atom. The van der Waals surface area contributed by atoms with Crippen molar-refractivity contribution in [3.63, 3.8) is 0 Å². The molecule has 2 saturated heterocycles. The number of nitrogens with one attached hydrogen (secondary N) is 2. The number of nitrogens with zero attached hydrogens (tertiary/aromatic N) is 6. The van der Waals surface area contributed by atoms with E-state index in [9.17, 15) is 29.1 Å². The number of thioether (sulfide) groups is 2. The first-order valence-electron chi connectivity index (χ1n) is 13.7. The van der Waals surface area contributed by atoms with E-state index in [0.717, 1.165) is 10.5 Å². The van der Waals surface area contributed by atoms with Gasteiger partial charge in [-0.1, -0.05) is 72.4 Å². The van der Waals surface area contributed by atoms with Gasteiger partial charge in [0.2, 0.25) is 11.1 Å². The number of imide groups is 1. The molecular weight excluding hydrogens is 624 g/mol. The number of benzene rings is 2. The molecule has 6 rings (SSSR count). The van der Waals surface area contributed by atoms with Crippen LogP contribution in [0.3, 0.4) is 0 Å². The predicted octanol–water partition coefficient (Wildman–Crippen LogP) is 1.69. The molecular formula is C28H26N8O7S2. The number of carboxylic acid groups (broad SMARTS) is 1. The van der Waals surface area contributed by atoms with Crippen molar-refractivity contribution >= 4 is 53.4 Å². The molecule has 0 saturated carbocycles. The highest BCUT2D eigenvalue weighted by molar-refractivity contribution is 8.01. The fourth-order valence-electron chi connectivity index (χ4n) is 5.14. The van der Waals surface area contributed by atoms with Crippen molar-refractivity contribution in [3.8, 4) is 0 Å². The van der Waals surface area contributed by atoms with Crippen LogP contribution in [0.1, 0.15) is 23.3 Å². The first-order chi connectivity index (χ1) is 21.7. The van der Waals surface area contributed by atoms with Crippen LogP contribution < -0.4 is 10.6 Å². The Labute approximate surface area is 264 Å². The lowest BCUT2D eigenvalue weighted by molar-refractivity contribution is -0.151. The molecule has 3 N–H and O–H groups in total. The van der Waals surface area contributed by atoms with E-state index in [4.69, 9.17) is 4.74 Å². The molecule has 0 spiro atoms. The maximum absolute atomic E-state index is 13.6. The highest BCUT2D eigenvalue weighted by atomic mass is 32.2. The van der Waals surface area contributed by atoms with Crippen molar-refractivity contribution in [2.24, 2.45) is 7.05 Å². The number of aliphatic carboxylic acids is 1. The topological polar surface area (TPSA) is 189 Å². The number of carbonyl (C=O) groups is 5. The molecule has 2 fully saturated rings. The fourth-order valence-corrected chi connectivity index (χ4v) is 7.48. The summed E-state index contributed by atoms with van der Waals surface area (Å²) in [6.45, 7) is -0.0509. The molecule has 3 aromatic rings. The molecule has 5 amide bonds. The van der Waals surface area contributed by atoms with Crippen LogP contribution in [-0.2, 0) is 26.2 Å². The first kappa shape index (κ1) is 30.1. The van der Waals surface area contributed by atoms with Crippen molar-refractivity contribution in [2.45, 2.75) is 28.7 Å². The summed E-state index contributed by atoms with van der Waals surface area (Å²) >= 11 is 2.56. The molecule has 0 bridgehead atoms. The van der Waals surface area contributed by atoms with Gasteiger partial charge in [0.15, 0.2) is 0 Å². The number of hydrogen-bond donors (Lipinski definition) is 3. The smallest absolute Gasteiger partial charge is 0.418 e. The van der Waals surface area contributed by atoms with Gasteiger partial charge in [-0.15, -0.1) is 16.9 Å². The van der Waals surface area contributed by atoms with Crippen molar-refractivity contribution in [3.05, 3.63) is 83.1 Å². The average molecular weight is 651 g/mol. The zero-order valence-electron chi connectivity index (χ0n) is 23.6. The Morgan fingerprint density at radius 2 is 1.82 bits per heavy atom. The van der Waals surface area contributed by atoms with Gasteiger partial charge in [-0.2, -0.15) is 0 Å². The van der Waals surface area contributed by atoms with Gasteiger partial charge < -0.3 is 20.5 Å². The number of tetrazole rings is 1. The average Bonchev–Trinajstić information content (AvgIpc) is 3.66. The van der Waals surface area contributed by atoms with Crippen molar-refractivity contribution in [2.75, 3.05) is 18.1 Å². The van der Waals surface area contributed by atoms with Gasteiger partial charge in [0.1, 0.15) is 29.3 Å². The Bertz CT molecular complexity index is 1690. The van der Waals surface area contributed by atoms with E-state index in [1.807, 2.05) is 6.07 Å². The molecule has 45 heavy (non-hydrogen) atoms. The second-order valence-corrected chi connectivity index (χ2v) is 12.3. The summed E-state index contributed by atoms with van der Waals surface area (Å²) < 4.78 is 6.84. The highest BCUT2D eigenvalue weighted by Crippen LogP contribution is 2.41. The number of carbonyl (C=O) groups excluding carboxylic acids is 4. The summed E-state index contributed by atoms with van der Waals surface area (Å²) in [5.74, 6) is -1.99. The lowest BCUT2D eigenvalue weighted by Crippen LogP contribution is -2.71. The summed E-state index contributed by atoms with van der Waals surface area (Å²) in [7, 11) is 1.66. The van der Waals surface area contributed by atoms with E-state index in [1.165, 1.54) is 33.1 Å². The van der Waals surface area contributed by atoms with Gasteiger partial charge in [-0.3, -0.25) is 14.5 Å². The zero-order valence-corrected chi connectivity index (χ0v) is 25.2. The monoisotopic (exact) mass is 650 g/mol. The molecule has 232 valence electrons. The highest BCUT2D eigenvalue weighted by Gasteiger charge is 2.54. The van der Waals surface area contributed by atoms with Gasteiger partial charge in [0, 0.05) is 18.6 Å². The number of β-lactam (4-membered cyclic amide) rings is 1. The number of amides is 5. The molecule has 0 radical (unpaired) electrons. The SMILES string of the molecule is Cn1nnnc1SCC1=C(C(=O)O)N2C(=O)C(NC(=O)C(NC(=O)N3CC(c4ccccc4)OC3=O)c3ccccc3)[C@@H]2SC1. The summed E-state index contributed by atoms with van der Waals surface area (Å²) in [5.41, 5.74) is 1.53. The van der Waals surface area contributed by atoms with Crippen LogP contribution in [0.15, 0.2) is 77.1 Å². The Balaban J connectivity index is 1.15. The van der Waals surface area contributed by atoms with Crippen LogP contribution in [0.4, 0.5) is 9.59 Å². The Kier molecular flexibility index (Phi) is 8.44. The van der Waals surface area contributed by atoms with E-state index in [-0.39, 0.29) is 18.0 Å². The molecule has 3 unspecified atom stereocenters. The largest absolute Gasteiger partial charge is 0.477 e. The lowest BCUT2D eigenvalue weighted by atomic mass is 10.0. The summed E-state index contributed by atoms with van der Waals surface area (Å²) in [4.78, 5) is 67.1. The van der Waals surface area contributed by atoms with E-state index < -0.39 is 53.5 Å². The molecule has 2 aromatic carbocycles. The van der Waals surface area contributed by atoms with Gasteiger partial charge in [-0.25, -0.2) is 24.0 Å². The predicted molar refractivity (Wildman–Crippen MR) is 159 cm³/mol. The molecule has 0 aliphatic carbocycles. The standard InChI is InChI=1S/C28H26N8O7S2/c1-34-27(31-32-33-34)45-14-17-13-44-24-20(23(38)36(24)21(17)25(39)40)29-22(37)19(16-10-6-3-7-11-16)30-26(41)35-12-18(43-28(35)42)15-8-4-2-5-9-15/h2-11,18-20,24H,12-14H2,1H3,(H,29,37)(H,30,41)(H,39,40)/t18?,19?,20?,24-/m0/s1. The zero-order chi connectivity index (χ0) is 31.7. The molecule has 4 atom stereocenters. The summed E-state index contributed by atoms with van der Waals surface area (Å²) in [6, 6.07) is 14.2. The second-order valence-electron chi connectivity index (χ2n) is 10.2. The van der Waals surface area contributed by atoms with Crippen LogP contribution in [0.25, 0.3) is 0 Å². The molecule has 3 aliphatic heterocycles. The maximum Gasteiger partial charge on any atom is 0.418 e. The van der Waals surface area contributed by atoms with Crippen molar-refractivity contribution in [1.82, 2.24) is 40.6 Å². The minimum Gasteiger partial charge on any atom is -0.477 e. The molecule has 3 aliphatic rings. The third-order valence-electron chi connectivity index (χ3n) is 7.40. The van der Waals surface area contributed by atoms with Crippen LogP contribution in [0.5, 0.6) is 0 Å². The summed E-state index contributed by atoms with van der Waals surface area (Å²) in [6.07, 6.45) is -1.51. The third-order valence-corrected chi connectivity index (χ3v) is 9.83. The maximum atomic E-state index is 13.6. The third kappa shape index (κ3) is 5.95. The normalized spacial score (nSPS) is 21.5. The van der Waals surface area contributed by atoms with Gasteiger partial charge in [0.05, 0.1) is 6.54 Å². The van der Waals surface area contributed by atoms with Crippen LogP contribution in [0.2, 0.25) is 0 Å². The number of aromatic nitrogens is 4. The molecule has 4 heterocycles. The number of rotatable bonds is 9. The minimum atomic E-state index is -1.26. The second kappa shape index (κ2) is 12.6. The number of aryl methyl sites for hydroxylation is 1. The van der Waals surface area contributed by atoms with E-state index in [1.54, 1.807) is 61.6 Å². The number of fused-ring (bicyclic) bond motifs is 1. The minimum absolute atomic E-state index is 0.0509. The molecule has 15 nitrogen and oxygen atoms in total. The summed E-state index contributed by atoms with van der Waals surface area (Å²) in [5, 5.41) is 26.3. The van der Waals surface area contributed by atoms with Crippen LogP contribution >= 0.6 is 23.5 Å². The van der Waals surface area contributed by atoms with E-state index >= 15 is 0 Å². The quantitative estimate of drug-likeness (QED) is 0.225. The van der Waals surface area contributed by atoms with Crippen LogP contribution in [0, 0.1) is 0 Å². The Hall–Kier alpha value is -4.90. The number of urea groups is 1. The van der Waals surface area contributed by atoms with Gasteiger partial charge in [0.25, 0.3) is 5.91 Å². The Morgan fingerprint density at radius 1 is 1.11 bits per heavy atom. The van der Waals surface area contributed by atoms with Gasteiger partial charge in [-0.05, 0) is 27.1 Å². The number of carboxylic acids is 1. The number of hydrogen-bond acceptors (Lipinski definition) is 11. The fraction of sp³-hybridized carbons (Fsp3) is 0.286. The number of cyclic esters (lactones) is 1. The van der Waals surface area contributed by atoms with E-state index in [2.05, 4.69) is 26.2 Å². The first-order valence-corrected chi connectivity index (χ1v) is 15.7. The van der Waals surface area contributed by atoms with Gasteiger partial charge >= 0.3 is 18.1 Å². The number of ether oxygens (including phenoxy) is 1. The van der Waals surface area contributed by atoms with E-state index in [0.29, 0.717) is 22.0 Å². The van der Waals surface area contributed by atoms with Crippen molar-refractivity contribution < 1.29 is 33.8 Å². The molecule has 17 heteroatoms. The molecule has 1 aromatic heterocycles. The van der Waals surface area contributed by atoms with Crippen molar-refractivity contribution in [1.29, 1.82) is 0 Å². The van der Waals surface area contributed by atoms with Crippen LogP contribution in [-0.4, -0.2) is 94.5 Å². The lowest BCUT2D eigenvalue weighted by Gasteiger charge is -2.49.